The van der Waals surface area contributed by atoms with E-state index in [1.54, 1.807) is 26.1 Å². The minimum Gasteiger partial charge on any atom is -0.493 e. The van der Waals surface area contributed by atoms with Gasteiger partial charge in [0.1, 0.15) is 5.75 Å². The van der Waals surface area contributed by atoms with Crippen molar-refractivity contribution in [3.8, 4) is 5.75 Å². The fourth-order valence-electron chi connectivity index (χ4n) is 1.82. The molecule has 0 radical (unpaired) electrons. The van der Waals surface area contributed by atoms with Crippen LogP contribution < -0.4 is 10.1 Å². The van der Waals surface area contributed by atoms with Crippen LogP contribution in [0.3, 0.4) is 0 Å². The van der Waals surface area contributed by atoms with Crippen molar-refractivity contribution < 1.29 is 14.3 Å². The zero-order chi connectivity index (χ0) is 15.5. The van der Waals surface area contributed by atoms with Gasteiger partial charge in [-0.15, -0.1) is 0 Å². The summed E-state index contributed by atoms with van der Waals surface area (Å²) in [7, 11) is 5.22. The molecule has 0 fully saturated rings. The van der Waals surface area contributed by atoms with E-state index in [-0.39, 0.29) is 5.91 Å². The molecular formula is C16H26N2O3. The monoisotopic (exact) mass is 294 g/mol. The average Bonchev–Trinajstić information content (AvgIpc) is 2.49. The number of hydrogen-bond donors (Lipinski definition) is 1. The van der Waals surface area contributed by atoms with Gasteiger partial charge in [0.25, 0.3) is 0 Å². The van der Waals surface area contributed by atoms with Crippen LogP contribution in [0.25, 0.3) is 0 Å². The van der Waals surface area contributed by atoms with Crippen molar-refractivity contribution in [3.05, 3.63) is 29.8 Å². The maximum absolute atomic E-state index is 11.5. The second-order valence-electron chi connectivity index (χ2n) is 5.02. The van der Waals surface area contributed by atoms with Crippen LogP contribution in [0, 0.1) is 0 Å². The highest BCUT2D eigenvalue weighted by Gasteiger charge is 2.05. The molecule has 118 valence electrons. The first kappa shape index (κ1) is 17.5. The lowest BCUT2D eigenvalue weighted by Gasteiger charge is -2.13. The second kappa shape index (κ2) is 10.2. The van der Waals surface area contributed by atoms with E-state index < -0.39 is 0 Å². The summed E-state index contributed by atoms with van der Waals surface area (Å²) < 4.78 is 10.8. The van der Waals surface area contributed by atoms with Gasteiger partial charge in [-0.05, 0) is 12.5 Å². The number of methoxy groups -OCH3 is 1. The Bertz CT molecular complexity index is 422. The molecule has 1 rings (SSSR count). The van der Waals surface area contributed by atoms with E-state index >= 15 is 0 Å². The molecule has 21 heavy (non-hydrogen) atoms. The van der Waals surface area contributed by atoms with Crippen molar-refractivity contribution >= 4 is 5.91 Å². The van der Waals surface area contributed by atoms with Gasteiger partial charge < -0.3 is 19.7 Å². The van der Waals surface area contributed by atoms with Gasteiger partial charge in [-0.3, -0.25) is 4.79 Å². The fourth-order valence-corrected chi connectivity index (χ4v) is 1.82. The predicted octanol–water partition coefficient (Wildman–Crippen LogP) is 1.67. The largest absolute Gasteiger partial charge is 0.493 e. The van der Waals surface area contributed by atoms with E-state index in [1.165, 1.54) is 0 Å². The topological polar surface area (TPSA) is 50.8 Å². The molecule has 1 N–H and O–H groups in total. The zero-order valence-corrected chi connectivity index (χ0v) is 13.2. The SMILES string of the molecule is COCCNCc1ccccc1OCCCC(=O)N(C)C. The summed E-state index contributed by atoms with van der Waals surface area (Å²) in [6.45, 7) is 2.79. The van der Waals surface area contributed by atoms with Crippen LogP contribution in [0.2, 0.25) is 0 Å². The molecule has 0 saturated carbocycles. The number of carbonyl (C=O) groups excluding carboxylic acids is 1. The standard InChI is InChI=1S/C16H26N2O3/c1-18(2)16(19)9-6-11-21-15-8-5-4-7-14(15)13-17-10-12-20-3/h4-5,7-8,17H,6,9-13H2,1-3H3. The third-order valence-corrected chi connectivity index (χ3v) is 3.06. The Balaban J connectivity index is 2.35. The smallest absolute Gasteiger partial charge is 0.222 e. The van der Waals surface area contributed by atoms with E-state index in [0.29, 0.717) is 19.6 Å². The summed E-state index contributed by atoms with van der Waals surface area (Å²) in [6.07, 6.45) is 1.24. The van der Waals surface area contributed by atoms with Crippen molar-refractivity contribution in [2.45, 2.75) is 19.4 Å². The molecule has 1 aromatic rings. The van der Waals surface area contributed by atoms with E-state index in [0.717, 1.165) is 30.8 Å². The number of hydrogen-bond acceptors (Lipinski definition) is 4. The van der Waals surface area contributed by atoms with Crippen molar-refractivity contribution in [2.75, 3.05) is 41.0 Å². The lowest BCUT2D eigenvalue weighted by molar-refractivity contribution is -0.128. The van der Waals surface area contributed by atoms with E-state index in [4.69, 9.17) is 9.47 Å². The van der Waals surface area contributed by atoms with Crippen molar-refractivity contribution in [1.29, 1.82) is 0 Å². The van der Waals surface area contributed by atoms with Gasteiger partial charge in [0.05, 0.1) is 13.2 Å². The lowest BCUT2D eigenvalue weighted by Crippen LogP contribution is -2.22. The molecule has 0 aliphatic rings. The summed E-state index contributed by atoms with van der Waals surface area (Å²) in [6, 6.07) is 7.95. The van der Waals surface area contributed by atoms with Gasteiger partial charge in [0, 0.05) is 46.3 Å². The van der Waals surface area contributed by atoms with Crippen LogP contribution >= 0.6 is 0 Å². The predicted molar refractivity (Wildman–Crippen MR) is 83.4 cm³/mol. The minimum absolute atomic E-state index is 0.133. The molecule has 0 unspecified atom stereocenters. The Morgan fingerprint density at radius 1 is 1.24 bits per heavy atom. The maximum Gasteiger partial charge on any atom is 0.222 e. The Labute approximate surface area is 127 Å². The van der Waals surface area contributed by atoms with Crippen LogP contribution in [-0.4, -0.2) is 51.8 Å². The quantitative estimate of drug-likeness (QED) is 0.667. The Morgan fingerprint density at radius 3 is 2.71 bits per heavy atom. The number of benzene rings is 1. The molecule has 0 saturated heterocycles. The Morgan fingerprint density at radius 2 is 2.00 bits per heavy atom. The number of rotatable bonds is 10. The molecule has 1 aromatic carbocycles. The highest BCUT2D eigenvalue weighted by Crippen LogP contribution is 2.18. The first-order valence-electron chi connectivity index (χ1n) is 7.25. The number of amides is 1. The molecule has 0 aliphatic heterocycles. The number of nitrogens with one attached hydrogen (secondary N) is 1. The van der Waals surface area contributed by atoms with E-state index in [9.17, 15) is 4.79 Å². The molecule has 5 heteroatoms. The molecule has 0 heterocycles. The zero-order valence-electron chi connectivity index (χ0n) is 13.2. The number of ether oxygens (including phenoxy) is 2. The van der Waals surface area contributed by atoms with Gasteiger partial charge in [-0.2, -0.15) is 0 Å². The van der Waals surface area contributed by atoms with E-state index in [1.807, 2.05) is 24.3 Å². The third kappa shape index (κ3) is 7.11. The summed E-state index contributed by atoms with van der Waals surface area (Å²) in [5.74, 6) is 1.01. The van der Waals surface area contributed by atoms with Crippen LogP contribution in [0.15, 0.2) is 24.3 Å². The lowest BCUT2D eigenvalue weighted by atomic mass is 10.2. The Kier molecular flexibility index (Phi) is 8.47. The molecule has 0 spiro atoms. The Hall–Kier alpha value is -1.59. The van der Waals surface area contributed by atoms with Gasteiger partial charge in [-0.1, -0.05) is 18.2 Å². The van der Waals surface area contributed by atoms with Crippen LogP contribution in [0.1, 0.15) is 18.4 Å². The summed E-state index contributed by atoms with van der Waals surface area (Å²) >= 11 is 0. The van der Waals surface area contributed by atoms with Crippen LogP contribution in [0.5, 0.6) is 5.75 Å². The molecule has 0 aliphatic carbocycles. The number of carbonyl (C=O) groups is 1. The molecule has 0 aromatic heterocycles. The van der Waals surface area contributed by atoms with Gasteiger partial charge in [0.15, 0.2) is 0 Å². The second-order valence-corrected chi connectivity index (χ2v) is 5.02. The highest BCUT2D eigenvalue weighted by molar-refractivity contribution is 5.75. The highest BCUT2D eigenvalue weighted by atomic mass is 16.5. The average molecular weight is 294 g/mol. The third-order valence-electron chi connectivity index (χ3n) is 3.06. The van der Waals surface area contributed by atoms with E-state index in [2.05, 4.69) is 5.32 Å². The molecular weight excluding hydrogens is 268 g/mol. The van der Waals surface area contributed by atoms with Crippen molar-refractivity contribution in [3.63, 3.8) is 0 Å². The van der Waals surface area contributed by atoms with Crippen molar-refractivity contribution in [2.24, 2.45) is 0 Å². The van der Waals surface area contributed by atoms with Crippen LogP contribution in [0.4, 0.5) is 0 Å². The fraction of sp³-hybridized carbons (Fsp3) is 0.562. The van der Waals surface area contributed by atoms with Gasteiger partial charge in [0.2, 0.25) is 5.91 Å². The molecule has 5 nitrogen and oxygen atoms in total. The first-order valence-corrected chi connectivity index (χ1v) is 7.25. The van der Waals surface area contributed by atoms with Gasteiger partial charge >= 0.3 is 0 Å². The number of nitrogens with zero attached hydrogens (tertiary/aromatic N) is 1. The molecule has 1 amide bonds. The minimum atomic E-state index is 0.133. The molecule has 0 atom stereocenters. The van der Waals surface area contributed by atoms with Crippen molar-refractivity contribution in [1.82, 2.24) is 10.2 Å². The van der Waals surface area contributed by atoms with Gasteiger partial charge in [-0.25, -0.2) is 0 Å². The summed E-state index contributed by atoms with van der Waals surface area (Å²) in [4.78, 5) is 13.1. The summed E-state index contributed by atoms with van der Waals surface area (Å²) in [5.41, 5.74) is 1.12. The maximum atomic E-state index is 11.5. The molecule has 0 bridgehead atoms. The first-order chi connectivity index (χ1) is 10.1. The summed E-state index contributed by atoms with van der Waals surface area (Å²) in [5, 5.41) is 3.30. The van der Waals surface area contributed by atoms with Crippen LogP contribution in [-0.2, 0) is 16.1 Å². The number of para-hydroxylation sites is 1. The normalized spacial score (nSPS) is 10.4.